The van der Waals surface area contributed by atoms with Gasteiger partial charge in [-0.2, -0.15) is 11.8 Å². The van der Waals surface area contributed by atoms with Crippen LogP contribution in [0.5, 0.6) is 0 Å². The number of nitrogens with zero attached hydrogens (tertiary/aromatic N) is 2. The van der Waals surface area contributed by atoms with Crippen LogP contribution in [0.3, 0.4) is 0 Å². The number of hydrogen-bond acceptors (Lipinski definition) is 2. The highest BCUT2D eigenvalue weighted by atomic mass is 32.2. The monoisotopic (exact) mass is 202 g/mol. The standard InChI is InChI=1S/C9H18N2OS/c1-3-13-8-4-5-11-7-6-10(2)9(11)12/h3-8H2,1-2H3. The second-order valence-corrected chi connectivity index (χ2v) is 4.64. The molecule has 3 nitrogen and oxygen atoms in total. The average molecular weight is 202 g/mol. The minimum Gasteiger partial charge on any atom is -0.326 e. The van der Waals surface area contributed by atoms with Crippen molar-refractivity contribution in [3.63, 3.8) is 0 Å². The first kappa shape index (κ1) is 10.7. The fourth-order valence-corrected chi connectivity index (χ4v) is 2.03. The van der Waals surface area contributed by atoms with Gasteiger partial charge in [0.1, 0.15) is 0 Å². The van der Waals surface area contributed by atoms with E-state index in [1.807, 2.05) is 23.7 Å². The van der Waals surface area contributed by atoms with Gasteiger partial charge in [-0.3, -0.25) is 0 Å². The molecule has 0 bridgehead atoms. The third-order valence-electron chi connectivity index (χ3n) is 2.22. The number of carbonyl (C=O) groups excluding carboxylic acids is 1. The molecule has 0 radical (unpaired) electrons. The molecule has 0 spiro atoms. The molecule has 0 N–H and O–H groups in total. The van der Waals surface area contributed by atoms with Gasteiger partial charge in [0.2, 0.25) is 0 Å². The van der Waals surface area contributed by atoms with E-state index in [0.29, 0.717) is 0 Å². The van der Waals surface area contributed by atoms with Crippen molar-refractivity contribution in [3.8, 4) is 0 Å². The molecular formula is C9H18N2OS. The Morgan fingerprint density at radius 3 is 2.77 bits per heavy atom. The highest BCUT2D eigenvalue weighted by Crippen LogP contribution is 2.08. The van der Waals surface area contributed by atoms with E-state index in [2.05, 4.69) is 6.92 Å². The van der Waals surface area contributed by atoms with E-state index in [1.165, 1.54) is 11.5 Å². The van der Waals surface area contributed by atoms with Crippen LogP contribution in [0.15, 0.2) is 0 Å². The van der Waals surface area contributed by atoms with Gasteiger partial charge in [-0.1, -0.05) is 6.92 Å². The van der Waals surface area contributed by atoms with Crippen LogP contribution in [0, 0.1) is 0 Å². The first-order valence-electron chi connectivity index (χ1n) is 4.83. The maximum atomic E-state index is 11.4. The Labute approximate surface area is 84.5 Å². The molecule has 13 heavy (non-hydrogen) atoms. The fourth-order valence-electron chi connectivity index (χ4n) is 1.41. The third kappa shape index (κ3) is 3.10. The summed E-state index contributed by atoms with van der Waals surface area (Å²) in [6.45, 7) is 4.89. The Hall–Kier alpha value is -0.380. The van der Waals surface area contributed by atoms with Gasteiger partial charge >= 0.3 is 6.03 Å². The quantitative estimate of drug-likeness (QED) is 0.631. The van der Waals surface area contributed by atoms with E-state index in [4.69, 9.17) is 0 Å². The molecule has 0 atom stereocenters. The molecule has 0 aliphatic carbocycles. The Morgan fingerprint density at radius 1 is 1.46 bits per heavy atom. The molecule has 0 aromatic heterocycles. The van der Waals surface area contributed by atoms with E-state index in [9.17, 15) is 4.79 Å². The van der Waals surface area contributed by atoms with Crippen molar-refractivity contribution in [2.75, 3.05) is 38.2 Å². The molecule has 4 heteroatoms. The molecule has 1 heterocycles. The third-order valence-corrected chi connectivity index (χ3v) is 3.21. The Bertz CT molecular complexity index is 175. The smallest absolute Gasteiger partial charge is 0.319 e. The van der Waals surface area contributed by atoms with E-state index >= 15 is 0 Å². The lowest BCUT2D eigenvalue weighted by Crippen LogP contribution is -2.30. The van der Waals surface area contributed by atoms with Crippen molar-refractivity contribution in [3.05, 3.63) is 0 Å². The minimum atomic E-state index is 0.196. The number of likely N-dealkylation sites (N-methyl/N-ethyl adjacent to an activating group) is 1. The predicted molar refractivity (Wildman–Crippen MR) is 57.2 cm³/mol. The van der Waals surface area contributed by atoms with Gasteiger partial charge in [0.25, 0.3) is 0 Å². The van der Waals surface area contributed by atoms with Gasteiger partial charge in [-0.25, -0.2) is 4.79 Å². The largest absolute Gasteiger partial charge is 0.326 e. The highest BCUT2D eigenvalue weighted by molar-refractivity contribution is 7.99. The van der Waals surface area contributed by atoms with Gasteiger partial charge in [0, 0.05) is 26.7 Å². The van der Waals surface area contributed by atoms with E-state index in [0.717, 1.165) is 26.1 Å². The van der Waals surface area contributed by atoms with Crippen molar-refractivity contribution in [2.24, 2.45) is 0 Å². The van der Waals surface area contributed by atoms with Crippen molar-refractivity contribution in [1.82, 2.24) is 9.80 Å². The molecule has 76 valence electrons. The van der Waals surface area contributed by atoms with Crippen LogP contribution >= 0.6 is 11.8 Å². The first-order chi connectivity index (χ1) is 6.25. The molecule has 0 unspecified atom stereocenters. The second-order valence-electron chi connectivity index (χ2n) is 3.24. The molecule has 0 saturated carbocycles. The average Bonchev–Trinajstić information content (AvgIpc) is 2.43. The summed E-state index contributed by atoms with van der Waals surface area (Å²) in [6, 6.07) is 0.196. The summed E-state index contributed by atoms with van der Waals surface area (Å²) in [5.41, 5.74) is 0. The van der Waals surface area contributed by atoms with E-state index < -0.39 is 0 Å². The fraction of sp³-hybridized carbons (Fsp3) is 0.889. The Balaban J connectivity index is 2.12. The summed E-state index contributed by atoms with van der Waals surface area (Å²) in [7, 11) is 1.86. The van der Waals surface area contributed by atoms with E-state index in [-0.39, 0.29) is 6.03 Å². The number of hydrogen-bond donors (Lipinski definition) is 0. The summed E-state index contributed by atoms with van der Waals surface area (Å²) in [5, 5.41) is 0. The normalized spacial score (nSPS) is 17.2. The zero-order valence-electron chi connectivity index (χ0n) is 8.45. The molecule has 1 aliphatic rings. The van der Waals surface area contributed by atoms with Crippen molar-refractivity contribution in [1.29, 1.82) is 0 Å². The molecule has 0 aromatic rings. The lowest BCUT2D eigenvalue weighted by atomic mass is 10.4. The van der Waals surface area contributed by atoms with Crippen molar-refractivity contribution < 1.29 is 4.79 Å². The highest BCUT2D eigenvalue weighted by Gasteiger charge is 2.23. The number of amides is 2. The molecule has 0 aromatic carbocycles. The lowest BCUT2D eigenvalue weighted by molar-refractivity contribution is 0.199. The van der Waals surface area contributed by atoms with Crippen molar-refractivity contribution in [2.45, 2.75) is 13.3 Å². The van der Waals surface area contributed by atoms with Crippen LogP contribution in [0.25, 0.3) is 0 Å². The maximum absolute atomic E-state index is 11.4. The molecule has 1 rings (SSSR count). The summed E-state index contributed by atoms with van der Waals surface area (Å²) < 4.78 is 0. The predicted octanol–water partition coefficient (Wildman–Crippen LogP) is 1.50. The summed E-state index contributed by atoms with van der Waals surface area (Å²) >= 11 is 1.94. The Morgan fingerprint density at radius 2 is 2.23 bits per heavy atom. The van der Waals surface area contributed by atoms with E-state index in [1.54, 1.807) is 4.90 Å². The van der Waals surface area contributed by atoms with Gasteiger partial charge in [0.15, 0.2) is 0 Å². The topological polar surface area (TPSA) is 23.6 Å². The van der Waals surface area contributed by atoms with Crippen LogP contribution in [-0.2, 0) is 0 Å². The van der Waals surface area contributed by atoms with Crippen LogP contribution in [-0.4, -0.2) is 54.0 Å². The summed E-state index contributed by atoms with van der Waals surface area (Å²) in [4.78, 5) is 15.1. The van der Waals surface area contributed by atoms with Gasteiger partial charge in [-0.05, 0) is 17.9 Å². The number of thioether (sulfide) groups is 1. The van der Waals surface area contributed by atoms with Crippen LogP contribution in [0.4, 0.5) is 4.79 Å². The molecule has 1 fully saturated rings. The minimum absolute atomic E-state index is 0.196. The summed E-state index contributed by atoms with van der Waals surface area (Å²) in [6.07, 6.45) is 1.12. The maximum Gasteiger partial charge on any atom is 0.319 e. The SMILES string of the molecule is CCSCCCN1CCN(C)C1=O. The number of urea groups is 1. The van der Waals surface area contributed by atoms with Gasteiger partial charge in [0.05, 0.1) is 0 Å². The Kier molecular flexibility index (Phi) is 4.42. The second kappa shape index (κ2) is 5.37. The van der Waals surface area contributed by atoms with Crippen LogP contribution in [0.1, 0.15) is 13.3 Å². The van der Waals surface area contributed by atoms with Crippen LogP contribution in [0.2, 0.25) is 0 Å². The zero-order chi connectivity index (χ0) is 9.68. The van der Waals surface area contributed by atoms with Crippen LogP contribution < -0.4 is 0 Å². The molecular weight excluding hydrogens is 184 g/mol. The number of rotatable bonds is 5. The van der Waals surface area contributed by atoms with Gasteiger partial charge < -0.3 is 9.80 Å². The van der Waals surface area contributed by atoms with Gasteiger partial charge in [-0.15, -0.1) is 0 Å². The van der Waals surface area contributed by atoms with Crippen molar-refractivity contribution >= 4 is 17.8 Å². The molecule has 2 amide bonds. The summed E-state index contributed by atoms with van der Waals surface area (Å²) in [5.74, 6) is 2.35. The number of carbonyl (C=O) groups is 1. The molecule has 1 aliphatic heterocycles. The zero-order valence-corrected chi connectivity index (χ0v) is 9.27. The lowest BCUT2D eigenvalue weighted by Gasteiger charge is -2.15. The first-order valence-corrected chi connectivity index (χ1v) is 5.99. The molecule has 1 saturated heterocycles.